The van der Waals surface area contributed by atoms with Gasteiger partial charge in [0.25, 0.3) is 0 Å². The molecule has 0 aliphatic heterocycles. The predicted molar refractivity (Wildman–Crippen MR) is 75.4 cm³/mol. The first-order chi connectivity index (χ1) is 9.03. The summed E-state index contributed by atoms with van der Waals surface area (Å²) in [6.45, 7) is 9.25. The summed E-state index contributed by atoms with van der Waals surface area (Å²) < 4.78 is 1.83. The van der Waals surface area contributed by atoms with Crippen LogP contribution < -0.4 is 0 Å². The summed E-state index contributed by atoms with van der Waals surface area (Å²) in [5.41, 5.74) is 1.72. The van der Waals surface area contributed by atoms with Gasteiger partial charge in [0.2, 0.25) is 0 Å². The van der Waals surface area contributed by atoms with Gasteiger partial charge >= 0.3 is 5.97 Å². The fraction of sp³-hybridized carbons (Fsp3) is 0.538. The molecule has 0 spiro atoms. The number of carboxylic acids is 1. The summed E-state index contributed by atoms with van der Waals surface area (Å²) in [5, 5.41) is 14.0. The highest BCUT2D eigenvalue weighted by molar-refractivity contribution is 6.31. The minimum atomic E-state index is -0.865. The molecule has 1 heterocycles. The lowest BCUT2D eigenvalue weighted by atomic mass is 10.3. The molecule has 1 N–H and O–H groups in total. The van der Waals surface area contributed by atoms with E-state index in [1.54, 1.807) is 11.0 Å². The quantitative estimate of drug-likeness (QED) is 0.744. The van der Waals surface area contributed by atoms with Crippen LogP contribution in [0.3, 0.4) is 0 Å². The standard InChI is InChI=1S/C13H20ClN3O2/c1-4-7-16(9-12(18)19)8-11-13(14)10(5-2)15-17(11)6-3/h4H,1,5-9H2,2-3H3,(H,18,19). The van der Waals surface area contributed by atoms with Gasteiger partial charge in [-0.25, -0.2) is 0 Å². The predicted octanol–water partition coefficient (Wildman–Crippen LogP) is 2.19. The van der Waals surface area contributed by atoms with Gasteiger partial charge in [-0.1, -0.05) is 24.6 Å². The van der Waals surface area contributed by atoms with Gasteiger partial charge in [-0.2, -0.15) is 5.10 Å². The minimum Gasteiger partial charge on any atom is -0.480 e. The van der Waals surface area contributed by atoms with Crippen molar-refractivity contribution in [3.8, 4) is 0 Å². The Bertz CT molecular complexity index is 457. The van der Waals surface area contributed by atoms with E-state index >= 15 is 0 Å². The van der Waals surface area contributed by atoms with E-state index in [0.717, 1.165) is 17.8 Å². The molecule has 1 rings (SSSR count). The summed E-state index contributed by atoms with van der Waals surface area (Å²) in [5.74, 6) is -0.865. The Morgan fingerprint density at radius 1 is 1.58 bits per heavy atom. The SMILES string of the molecule is C=CCN(CC(=O)O)Cc1c(Cl)c(CC)nn1CC. The smallest absolute Gasteiger partial charge is 0.317 e. The van der Waals surface area contributed by atoms with Gasteiger partial charge in [0.1, 0.15) is 0 Å². The monoisotopic (exact) mass is 285 g/mol. The van der Waals surface area contributed by atoms with E-state index in [-0.39, 0.29) is 6.54 Å². The minimum absolute atomic E-state index is 0.0430. The maximum Gasteiger partial charge on any atom is 0.317 e. The summed E-state index contributed by atoms with van der Waals surface area (Å²) in [7, 11) is 0. The van der Waals surface area contributed by atoms with Crippen LogP contribution in [0.15, 0.2) is 12.7 Å². The van der Waals surface area contributed by atoms with E-state index < -0.39 is 5.97 Å². The van der Waals surface area contributed by atoms with Crippen molar-refractivity contribution in [1.29, 1.82) is 0 Å². The van der Waals surface area contributed by atoms with Gasteiger partial charge in [-0.15, -0.1) is 6.58 Å². The number of aryl methyl sites for hydroxylation is 2. The Morgan fingerprint density at radius 3 is 2.74 bits per heavy atom. The van der Waals surface area contributed by atoms with Crippen LogP contribution in [0.25, 0.3) is 0 Å². The Kier molecular flexibility index (Phi) is 6.05. The normalized spacial score (nSPS) is 10.9. The molecular formula is C13H20ClN3O2. The molecule has 5 nitrogen and oxygen atoms in total. The number of nitrogens with zero attached hydrogens (tertiary/aromatic N) is 3. The van der Waals surface area contributed by atoms with Crippen molar-refractivity contribution in [1.82, 2.24) is 14.7 Å². The second-order valence-electron chi connectivity index (χ2n) is 4.23. The third-order valence-electron chi connectivity index (χ3n) is 2.81. The molecule has 19 heavy (non-hydrogen) atoms. The third-order valence-corrected chi connectivity index (χ3v) is 3.25. The molecule has 0 radical (unpaired) electrons. The molecule has 0 fully saturated rings. The zero-order valence-electron chi connectivity index (χ0n) is 11.4. The molecule has 6 heteroatoms. The highest BCUT2D eigenvalue weighted by atomic mass is 35.5. The molecule has 1 aromatic heterocycles. The first-order valence-electron chi connectivity index (χ1n) is 6.32. The zero-order valence-corrected chi connectivity index (χ0v) is 12.2. The van der Waals surface area contributed by atoms with Crippen molar-refractivity contribution in [3.05, 3.63) is 29.1 Å². The van der Waals surface area contributed by atoms with Crippen LogP contribution in [0.4, 0.5) is 0 Å². The van der Waals surface area contributed by atoms with Crippen molar-refractivity contribution < 1.29 is 9.90 Å². The molecule has 0 atom stereocenters. The number of aliphatic carboxylic acids is 1. The third kappa shape index (κ3) is 4.08. The van der Waals surface area contributed by atoms with Gasteiger partial charge in [-0.3, -0.25) is 14.4 Å². The highest BCUT2D eigenvalue weighted by Crippen LogP contribution is 2.23. The topological polar surface area (TPSA) is 58.4 Å². The average Bonchev–Trinajstić information content (AvgIpc) is 2.66. The first-order valence-corrected chi connectivity index (χ1v) is 6.70. The molecular weight excluding hydrogens is 266 g/mol. The first kappa shape index (κ1) is 15.7. The van der Waals surface area contributed by atoms with Gasteiger partial charge in [0.05, 0.1) is 23.0 Å². The summed E-state index contributed by atoms with van der Waals surface area (Å²) >= 11 is 6.31. The Balaban J connectivity index is 2.97. The molecule has 0 bridgehead atoms. The molecule has 0 amide bonds. The van der Waals surface area contributed by atoms with Crippen molar-refractivity contribution in [2.45, 2.75) is 33.4 Å². The van der Waals surface area contributed by atoms with E-state index in [9.17, 15) is 4.79 Å². The van der Waals surface area contributed by atoms with Crippen molar-refractivity contribution in [2.24, 2.45) is 0 Å². The van der Waals surface area contributed by atoms with E-state index in [2.05, 4.69) is 11.7 Å². The molecule has 106 valence electrons. The maximum absolute atomic E-state index is 10.8. The van der Waals surface area contributed by atoms with Crippen LogP contribution >= 0.6 is 11.6 Å². The Morgan fingerprint density at radius 2 is 2.26 bits per heavy atom. The van der Waals surface area contributed by atoms with Gasteiger partial charge < -0.3 is 5.11 Å². The van der Waals surface area contributed by atoms with Gasteiger partial charge in [0, 0.05) is 19.6 Å². The van der Waals surface area contributed by atoms with Crippen LogP contribution in [0.5, 0.6) is 0 Å². The number of halogens is 1. The van der Waals surface area contributed by atoms with Gasteiger partial charge in [0.15, 0.2) is 0 Å². The fourth-order valence-electron chi connectivity index (χ4n) is 1.94. The fourth-order valence-corrected chi connectivity index (χ4v) is 2.27. The molecule has 1 aromatic rings. The highest BCUT2D eigenvalue weighted by Gasteiger charge is 2.18. The maximum atomic E-state index is 10.8. The Labute approximate surface area is 118 Å². The number of carbonyl (C=O) groups is 1. The summed E-state index contributed by atoms with van der Waals surface area (Å²) in [6, 6.07) is 0. The Hall–Kier alpha value is -1.33. The van der Waals surface area contributed by atoms with Crippen molar-refractivity contribution in [3.63, 3.8) is 0 Å². The van der Waals surface area contributed by atoms with Crippen molar-refractivity contribution >= 4 is 17.6 Å². The largest absolute Gasteiger partial charge is 0.480 e. The second kappa shape index (κ2) is 7.31. The molecule has 0 saturated carbocycles. The number of hydrogen-bond donors (Lipinski definition) is 1. The molecule has 0 aromatic carbocycles. The van der Waals surface area contributed by atoms with E-state index in [1.807, 2.05) is 18.5 Å². The zero-order chi connectivity index (χ0) is 14.4. The van der Waals surface area contributed by atoms with E-state index in [1.165, 1.54) is 0 Å². The molecule has 0 aliphatic carbocycles. The van der Waals surface area contributed by atoms with E-state index in [0.29, 0.717) is 24.7 Å². The van der Waals surface area contributed by atoms with Crippen molar-refractivity contribution in [2.75, 3.05) is 13.1 Å². The second-order valence-corrected chi connectivity index (χ2v) is 4.61. The molecule has 0 aliphatic rings. The molecule has 0 unspecified atom stereocenters. The lowest BCUT2D eigenvalue weighted by Crippen LogP contribution is -2.30. The van der Waals surface area contributed by atoms with Gasteiger partial charge in [-0.05, 0) is 13.3 Å². The molecule has 0 saturated heterocycles. The van der Waals surface area contributed by atoms with Crippen LogP contribution in [0.1, 0.15) is 25.2 Å². The summed E-state index contributed by atoms with van der Waals surface area (Å²) in [6.07, 6.45) is 2.45. The summed E-state index contributed by atoms with van der Waals surface area (Å²) in [4.78, 5) is 12.6. The van der Waals surface area contributed by atoms with Crippen LogP contribution in [-0.2, 0) is 24.3 Å². The lowest BCUT2D eigenvalue weighted by Gasteiger charge is -2.19. The number of hydrogen-bond acceptors (Lipinski definition) is 3. The van der Waals surface area contributed by atoms with E-state index in [4.69, 9.17) is 16.7 Å². The lowest BCUT2D eigenvalue weighted by molar-refractivity contribution is -0.138. The average molecular weight is 286 g/mol. The van der Waals surface area contributed by atoms with Crippen LogP contribution in [-0.4, -0.2) is 38.8 Å². The number of rotatable bonds is 8. The van der Waals surface area contributed by atoms with Crippen LogP contribution in [0.2, 0.25) is 5.02 Å². The number of carboxylic acid groups (broad SMARTS) is 1. The van der Waals surface area contributed by atoms with Crippen LogP contribution in [0, 0.1) is 0 Å². The number of aromatic nitrogens is 2.